The molecule has 0 unspecified atom stereocenters. The van der Waals surface area contributed by atoms with Gasteiger partial charge in [0.15, 0.2) is 0 Å². The summed E-state index contributed by atoms with van der Waals surface area (Å²) in [6.45, 7) is 8.37. The second kappa shape index (κ2) is 16.5. The zero-order valence-corrected chi connectivity index (χ0v) is 26.1. The van der Waals surface area contributed by atoms with Crippen LogP contribution in [0, 0.1) is 19.0 Å². The molecule has 0 amide bonds. The zero-order chi connectivity index (χ0) is 27.3. The normalized spacial score (nSPS) is 10.3. The SMILES string of the molecule is C[SiH](C)[CH-]c1ccccc1.[CH2-]c1ccccc1.[Ti+4].[c-]1cccc2c1Cc1ccccc1-2.c1ccc2[cH-]ccc2c1. The summed E-state index contributed by atoms with van der Waals surface area (Å²) in [4.78, 5) is 0. The molecule has 0 bridgehead atoms. The van der Waals surface area contributed by atoms with Gasteiger partial charge in [0.1, 0.15) is 0 Å². The summed E-state index contributed by atoms with van der Waals surface area (Å²) < 4.78 is 0. The minimum Gasteiger partial charge on any atom is -0.199 e. The van der Waals surface area contributed by atoms with E-state index >= 15 is 0 Å². The van der Waals surface area contributed by atoms with Crippen LogP contribution in [0.5, 0.6) is 0 Å². The second-order valence-corrected chi connectivity index (χ2v) is 12.7. The van der Waals surface area contributed by atoms with Crippen molar-refractivity contribution in [1.82, 2.24) is 0 Å². The van der Waals surface area contributed by atoms with Crippen LogP contribution >= 0.6 is 0 Å². The van der Waals surface area contributed by atoms with Crippen LogP contribution in [0.1, 0.15) is 22.3 Å². The van der Waals surface area contributed by atoms with Crippen LogP contribution in [0.4, 0.5) is 0 Å². The van der Waals surface area contributed by atoms with Gasteiger partial charge in [0.2, 0.25) is 0 Å². The van der Waals surface area contributed by atoms with Gasteiger partial charge in [-0.2, -0.15) is 95.7 Å². The number of hydrogen-bond acceptors (Lipinski definition) is 0. The molecule has 0 spiro atoms. The fourth-order valence-electron chi connectivity index (χ4n) is 4.49. The molecule has 0 atom stereocenters. The first kappa shape index (κ1) is 30.9. The fraction of sp³-hybridized carbons (Fsp3) is 0.0789. The van der Waals surface area contributed by atoms with Gasteiger partial charge in [-0.15, -0.1) is 59.5 Å². The largest absolute Gasteiger partial charge is 4.00 e. The predicted molar refractivity (Wildman–Crippen MR) is 173 cm³/mol. The molecule has 0 aromatic heterocycles. The van der Waals surface area contributed by atoms with Crippen molar-refractivity contribution in [3.63, 3.8) is 0 Å². The molecule has 6 aromatic carbocycles. The van der Waals surface area contributed by atoms with Gasteiger partial charge in [-0.3, -0.25) is 0 Å². The van der Waals surface area contributed by atoms with Crippen molar-refractivity contribution in [3.05, 3.63) is 187 Å². The molecular weight excluding hydrogens is 532 g/mol. The van der Waals surface area contributed by atoms with E-state index < -0.39 is 8.80 Å². The van der Waals surface area contributed by atoms with E-state index in [2.05, 4.69) is 141 Å². The first-order valence-electron chi connectivity index (χ1n) is 13.6. The van der Waals surface area contributed by atoms with Gasteiger partial charge in [-0.1, -0.05) is 66.7 Å². The molecule has 196 valence electrons. The molecular formula is C38H36SiTi. The van der Waals surface area contributed by atoms with Crippen LogP contribution in [0.3, 0.4) is 0 Å². The molecule has 7 rings (SSSR count). The van der Waals surface area contributed by atoms with Crippen LogP contribution in [0.25, 0.3) is 21.9 Å². The van der Waals surface area contributed by atoms with Crippen LogP contribution < -0.4 is 0 Å². The van der Waals surface area contributed by atoms with Crippen LogP contribution in [0.15, 0.2) is 146 Å². The topological polar surface area (TPSA) is 0 Å². The zero-order valence-electron chi connectivity index (χ0n) is 23.4. The Balaban J connectivity index is 0.000000149. The van der Waals surface area contributed by atoms with Crippen LogP contribution in [0.2, 0.25) is 13.1 Å². The van der Waals surface area contributed by atoms with Gasteiger partial charge in [-0.05, 0) is 15.2 Å². The van der Waals surface area contributed by atoms with Crippen molar-refractivity contribution in [3.8, 4) is 11.1 Å². The third-order valence-corrected chi connectivity index (χ3v) is 7.38. The Morgan fingerprint density at radius 3 is 2.00 bits per heavy atom. The second-order valence-electron chi connectivity index (χ2n) is 9.86. The summed E-state index contributed by atoms with van der Waals surface area (Å²) >= 11 is 0. The van der Waals surface area contributed by atoms with Crippen LogP contribution in [-0.4, -0.2) is 8.80 Å². The van der Waals surface area contributed by atoms with Gasteiger partial charge in [0.05, 0.1) is 0 Å². The maximum Gasteiger partial charge on any atom is 4.00 e. The summed E-state index contributed by atoms with van der Waals surface area (Å²) in [6.07, 6.45) is 1.05. The predicted octanol–water partition coefficient (Wildman–Crippen LogP) is 9.75. The van der Waals surface area contributed by atoms with Gasteiger partial charge >= 0.3 is 21.7 Å². The molecule has 2 heteroatoms. The van der Waals surface area contributed by atoms with Crippen molar-refractivity contribution in [2.24, 2.45) is 0 Å². The van der Waals surface area contributed by atoms with E-state index in [-0.39, 0.29) is 21.7 Å². The van der Waals surface area contributed by atoms with Crippen molar-refractivity contribution in [2.75, 3.05) is 0 Å². The molecule has 0 nitrogen and oxygen atoms in total. The van der Waals surface area contributed by atoms with Gasteiger partial charge in [-0.25, -0.2) is 0 Å². The number of hydrogen-bond donors (Lipinski definition) is 0. The van der Waals surface area contributed by atoms with Crippen LogP contribution in [-0.2, 0) is 28.1 Å². The van der Waals surface area contributed by atoms with Gasteiger partial charge in [0.25, 0.3) is 0 Å². The molecule has 0 fully saturated rings. The Hall–Kier alpha value is -3.62. The Bertz CT molecular complexity index is 1460. The van der Waals surface area contributed by atoms with Gasteiger partial charge in [0, 0.05) is 0 Å². The Morgan fingerprint density at radius 2 is 1.32 bits per heavy atom. The summed E-state index contributed by atoms with van der Waals surface area (Å²) in [6, 6.07) is 55.6. The summed E-state index contributed by atoms with van der Waals surface area (Å²) in [5.41, 5.74) is 7.96. The Morgan fingerprint density at radius 1 is 0.700 bits per heavy atom. The standard InChI is InChI=1S/C13H9.C9H13Si.C9H7.C7H7.Ti/c1-3-7-12-10(5-1)9-11-6-2-4-8-13(11)12;1-10(2)8-9-6-4-3-5-7-9;1-2-5-9-7-3-6-8(9)4-1;1-7-5-3-2-4-6-7;/h1-5,7-8H,9H2;3-8,10H,1-2H3;1-7H;2-6H,1H2;/q4*-1;+4. The Labute approximate surface area is 257 Å². The maximum absolute atomic E-state index is 3.72. The summed E-state index contributed by atoms with van der Waals surface area (Å²) in [7, 11) is -0.522. The molecule has 1 aliphatic rings. The molecule has 0 radical (unpaired) electrons. The third-order valence-electron chi connectivity index (χ3n) is 6.33. The Kier molecular flexibility index (Phi) is 12.7. The average Bonchev–Trinajstić information content (AvgIpc) is 3.60. The van der Waals surface area contributed by atoms with E-state index in [1.165, 1.54) is 38.6 Å². The molecule has 6 aromatic rings. The van der Waals surface area contributed by atoms with E-state index in [4.69, 9.17) is 0 Å². The maximum atomic E-state index is 3.72. The number of benzene rings is 5. The van der Waals surface area contributed by atoms with Crippen molar-refractivity contribution in [2.45, 2.75) is 19.5 Å². The van der Waals surface area contributed by atoms with Crippen molar-refractivity contribution >= 4 is 19.6 Å². The molecule has 0 aliphatic heterocycles. The van der Waals surface area contributed by atoms with E-state index in [0.717, 1.165) is 12.0 Å². The first-order chi connectivity index (χ1) is 19.1. The smallest absolute Gasteiger partial charge is 0.199 e. The van der Waals surface area contributed by atoms with E-state index in [1.807, 2.05) is 36.4 Å². The minimum atomic E-state index is -0.522. The van der Waals surface area contributed by atoms with Gasteiger partial charge < -0.3 is 0 Å². The molecule has 0 N–H and O–H groups in total. The van der Waals surface area contributed by atoms with E-state index in [9.17, 15) is 0 Å². The molecule has 0 saturated heterocycles. The third kappa shape index (κ3) is 9.54. The minimum absolute atomic E-state index is 0. The molecule has 0 heterocycles. The summed E-state index contributed by atoms with van der Waals surface area (Å²) in [5, 5.41) is 2.66. The van der Waals surface area contributed by atoms with Crippen molar-refractivity contribution in [1.29, 1.82) is 0 Å². The monoisotopic (exact) mass is 568 g/mol. The fourth-order valence-corrected chi connectivity index (χ4v) is 5.49. The van der Waals surface area contributed by atoms with E-state index in [1.54, 1.807) is 0 Å². The average molecular weight is 569 g/mol. The first-order valence-corrected chi connectivity index (χ1v) is 16.5. The number of fused-ring (bicyclic) bond motifs is 4. The molecule has 0 saturated carbocycles. The summed E-state index contributed by atoms with van der Waals surface area (Å²) in [5.74, 6) is 0. The van der Waals surface area contributed by atoms with Crippen molar-refractivity contribution < 1.29 is 21.7 Å². The molecule has 1 aliphatic carbocycles. The molecule has 40 heavy (non-hydrogen) atoms. The van der Waals surface area contributed by atoms with E-state index in [0.29, 0.717) is 0 Å². The number of rotatable bonds is 2. The quantitative estimate of drug-likeness (QED) is 0.144.